The molecule has 1 aromatic rings. The minimum atomic E-state index is -0.546. The van der Waals surface area contributed by atoms with Crippen molar-refractivity contribution >= 4 is 23.1 Å². The van der Waals surface area contributed by atoms with E-state index in [1.165, 1.54) is 18.3 Å². The molecule has 1 heterocycles. The summed E-state index contributed by atoms with van der Waals surface area (Å²) in [6.45, 7) is 5.37. The number of aromatic nitrogens is 1. The highest BCUT2D eigenvalue weighted by atomic mass is 32.1. The Hall–Kier alpha value is -1.27. The van der Waals surface area contributed by atoms with Crippen molar-refractivity contribution in [1.82, 2.24) is 4.98 Å². The summed E-state index contributed by atoms with van der Waals surface area (Å²) < 4.78 is 4.89. The van der Waals surface area contributed by atoms with Gasteiger partial charge in [-0.1, -0.05) is 6.92 Å². The topological polar surface area (TPSA) is 82.3 Å². The molecule has 0 saturated carbocycles. The van der Waals surface area contributed by atoms with Crippen LogP contribution in [0.25, 0.3) is 0 Å². The molecule has 0 aromatic carbocycles. The van der Waals surface area contributed by atoms with Gasteiger partial charge in [0.2, 0.25) is 0 Å². The van der Waals surface area contributed by atoms with Crippen LogP contribution in [0.15, 0.2) is 0 Å². The van der Waals surface area contributed by atoms with Crippen molar-refractivity contribution in [3.63, 3.8) is 0 Å². The Balaban J connectivity index is 3.01. The maximum absolute atomic E-state index is 11.7. The molecule has 0 radical (unpaired) electrons. The Morgan fingerprint density at radius 1 is 1.44 bits per heavy atom. The predicted octanol–water partition coefficient (Wildman–Crippen LogP) is 1.80. The van der Waals surface area contributed by atoms with E-state index < -0.39 is 5.97 Å². The van der Waals surface area contributed by atoms with Crippen molar-refractivity contribution in [2.24, 2.45) is 5.73 Å². The van der Waals surface area contributed by atoms with Crippen LogP contribution in [0.4, 0.5) is 0 Å². The summed E-state index contributed by atoms with van der Waals surface area (Å²) in [6, 6.07) is -0.00833. The predicted molar refractivity (Wildman–Crippen MR) is 70.0 cm³/mol. The molecule has 5 nitrogen and oxygen atoms in total. The maximum Gasteiger partial charge on any atom is 0.358 e. The van der Waals surface area contributed by atoms with Crippen LogP contribution in [0.3, 0.4) is 0 Å². The third-order valence-corrected chi connectivity index (χ3v) is 3.60. The van der Waals surface area contributed by atoms with E-state index in [9.17, 15) is 9.59 Å². The minimum absolute atomic E-state index is 0.00833. The number of hydrogen-bond donors (Lipinski definition) is 1. The van der Waals surface area contributed by atoms with Gasteiger partial charge < -0.3 is 10.5 Å². The third-order valence-electron chi connectivity index (χ3n) is 2.42. The summed E-state index contributed by atoms with van der Waals surface area (Å²) in [6.07, 6.45) is 1.39. The highest BCUT2D eigenvalue weighted by molar-refractivity contribution is 7.14. The van der Waals surface area contributed by atoms with Crippen LogP contribution in [0.2, 0.25) is 0 Å². The van der Waals surface area contributed by atoms with Gasteiger partial charge in [-0.15, -0.1) is 11.3 Å². The first-order valence-corrected chi connectivity index (χ1v) is 6.74. The van der Waals surface area contributed by atoms with Crippen molar-refractivity contribution < 1.29 is 14.3 Å². The minimum Gasteiger partial charge on any atom is -0.461 e. The molecular formula is C12H18N2O3S. The van der Waals surface area contributed by atoms with Gasteiger partial charge in [0, 0.05) is 19.4 Å². The molecule has 6 heteroatoms. The summed E-state index contributed by atoms with van der Waals surface area (Å²) in [5.41, 5.74) is 5.96. The molecule has 0 aliphatic rings. The van der Waals surface area contributed by atoms with Gasteiger partial charge in [0.05, 0.1) is 11.6 Å². The monoisotopic (exact) mass is 270 g/mol. The lowest BCUT2D eigenvalue weighted by Gasteiger charge is -2.04. The van der Waals surface area contributed by atoms with Crippen molar-refractivity contribution in [2.75, 3.05) is 6.61 Å². The number of carbonyl (C=O) groups excluding carboxylic acids is 2. The highest BCUT2D eigenvalue weighted by Gasteiger charge is 2.22. The van der Waals surface area contributed by atoms with Gasteiger partial charge in [0.15, 0.2) is 11.5 Å². The number of rotatable bonds is 6. The van der Waals surface area contributed by atoms with E-state index in [1.54, 1.807) is 6.92 Å². The smallest absolute Gasteiger partial charge is 0.358 e. The molecule has 0 fully saturated rings. The van der Waals surface area contributed by atoms with E-state index in [0.717, 1.165) is 6.42 Å². The van der Waals surface area contributed by atoms with Crippen LogP contribution in [0.5, 0.6) is 0 Å². The fourth-order valence-corrected chi connectivity index (χ4v) is 2.44. The molecule has 1 rings (SSSR count). The molecule has 1 aromatic heterocycles. The molecule has 2 N–H and O–H groups in total. The van der Waals surface area contributed by atoms with E-state index in [0.29, 0.717) is 16.3 Å². The second-order valence-corrected chi connectivity index (χ2v) is 5.02. The van der Waals surface area contributed by atoms with Crippen molar-refractivity contribution in [2.45, 2.75) is 39.7 Å². The average molecular weight is 270 g/mol. The molecule has 18 heavy (non-hydrogen) atoms. The second-order valence-electron chi connectivity index (χ2n) is 3.93. The Morgan fingerprint density at radius 2 is 2.11 bits per heavy atom. The molecule has 0 saturated heterocycles. The fraction of sp³-hybridized carbons (Fsp3) is 0.583. The van der Waals surface area contributed by atoms with Gasteiger partial charge in [-0.25, -0.2) is 9.78 Å². The van der Waals surface area contributed by atoms with Gasteiger partial charge in [0.1, 0.15) is 4.88 Å². The summed E-state index contributed by atoms with van der Waals surface area (Å²) >= 11 is 1.22. The first-order valence-electron chi connectivity index (χ1n) is 5.92. The van der Waals surface area contributed by atoms with Crippen LogP contribution in [0.1, 0.15) is 52.4 Å². The lowest BCUT2D eigenvalue weighted by Crippen LogP contribution is -2.21. The number of carbonyl (C=O) groups is 2. The van der Waals surface area contributed by atoms with Crippen molar-refractivity contribution in [3.05, 3.63) is 15.6 Å². The number of ether oxygens (including phenoxy) is 1. The molecule has 0 aliphatic carbocycles. The number of thiazole rings is 1. The number of nitrogens with zero attached hydrogens (tertiary/aromatic N) is 1. The standard InChI is InChI=1S/C12H18N2O3S/c1-4-8(13)6-9-14-10(12(16)17-5-2)11(18-9)7(3)15/h8H,4-6,13H2,1-3H3. The second kappa shape index (κ2) is 6.61. The third kappa shape index (κ3) is 3.61. The van der Waals surface area contributed by atoms with Crippen LogP contribution < -0.4 is 5.73 Å². The first kappa shape index (κ1) is 14.8. The number of nitrogens with two attached hydrogens (primary N) is 1. The number of hydrogen-bond acceptors (Lipinski definition) is 6. The van der Waals surface area contributed by atoms with Gasteiger partial charge in [0.25, 0.3) is 0 Å². The van der Waals surface area contributed by atoms with E-state index in [1.807, 2.05) is 6.92 Å². The SMILES string of the molecule is CCOC(=O)c1nc(CC(N)CC)sc1C(C)=O. The number of esters is 1. The van der Waals surface area contributed by atoms with E-state index in [2.05, 4.69) is 4.98 Å². The lowest BCUT2D eigenvalue weighted by atomic mass is 10.2. The molecule has 0 spiro atoms. The van der Waals surface area contributed by atoms with Crippen LogP contribution in [0, 0.1) is 0 Å². The highest BCUT2D eigenvalue weighted by Crippen LogP contribution is 2.21. The zero-order chi connectivity index (χ0) is 13.7. The Morgan fingerprint density at radius 3 is 2.61 bits per heavy atom. The van der Waals surface area contributed by atoms with Crippen molar-refractivity contribution in [3.8, 4) is 0 Å². The van der Waals surface area contributed by atoms with Gasteiger partial charge >= 0.3 is 5.97 Å². The Kier molecular flexibility index (Phi) is 5.43. The summed E-state index contributed by atoms with van der Waals surface area (Å²) in [5.74, 6) is -0.720. The molecule has 0 amide bonds. The van der Waals surface area contributed by atoms with Gasteiger partial charge in [-0.2, -0.15) is 0 Å². The molecular weight excluding hydrogens is 252 g/mol. The summed E-state index contributed by atoms with van der Waals surface area (Å²) in [7, 11) is 0. The zero-order valence-electron chi connectivity index (χ0n) is 10.9. The Bertz CT molecular complexity index is 443. The first-order chi connectivity index (χ1) is 8.49. The zero-order valence-corrected chi connectivity index (χ0v) is 11.7. The molecule has 0 bridgehead atoms. The van der Waals surface area contributed by atoms with E-state index in [-0.39, 0.29) is 24.1 Å². The number of Topliss-reactive ketones (excluding diaryl/α,β-unsaturated/α-hetero) is 1. The van der Waals surface area contributed by atoms with E-state index in [4.69, 9.17) is 10.5 Å². The molecule has 1 unspecified atom stereocenters. The van der Waals surface area contributed by atoms with Crippen LogP contribution in [-0.4, -0.2) is 29.4 Å². The summed E-state index contributed by atoms with van der Waals surface area (Å²) in [5, 5.41) is 0.706. The van der Waals surface area contributed by atoms with Gasteiger partial charge in [-0.3, -0.25) is 4.79 Å². The fourth-order valence-electron chi connectivity index (χ4n) is 1.40. The average Bonchev–Trinajstić information content (AvgIpc) is 2.73. The van der Waals surface area contributed by atoms with Gasteiger partial charge in [-0.05, 0) is 13.3 Å². The van der Waals surface area contributed by atoms with E-state index >= 15 is 0 Å². The largest absolute Gasteiger partial charge is 0.461 e. The lowest BCUT2D eigenvalue weighted by molar-refractivity contribution is 0.0517. The molecule has 1 atom stereocenters. The van der Waals surface area contributed by atoms with Crippen molar-refractivity contribution in [1.29, 1.82) is 0 Å². The molecule has 100 valence electrons. The quantitative estimate of drug-likeness (QED) is 0.629. The number of ketones is 1. The summed E-state index contributed by atoms with van der Waals surface area (Å²) in [4.78, 5) is 27.7. The van der Waals surface area contributed by atoms with Crippen LogP contribution in [-0.2, 0) is 11.2 Å². The maximum atomic E-state index is 11.7. The Labute approximate surface area is 110 Å². The van der Waals surface area contributed by atoms with Crippen LogP contribution >= 0.6 is 11.3 Å². The molecule has 0 aliphatic heterocycles. The normalized spacial score (nSPS) is 12.2.